The van der Waals surface area contributed by atoms with Crippen molar-refractivity contribution in [2.45, 2.75) is 26.4 Å². The molecule has 1 N–H and O–H groups in total. The van der Waals surface area contributed by atoms with E-state index >= 15 is 0 Å². The van der Waals surface area contributed by atoms with Crippen molar-refractivity contribution in [1.82, 2.24) is 9.80 Å². The summed E-state index contributed by atoms with van der Waals surface area (Å²) in [6, 6.07) is 14.7. The van der Waals surface area contributed by atoms with Gasteiger partial charge in [-0.15, -0.1) is 0 Å². The van der Waals surface area contributed by atoms with E-state index < -0.39 is 4.92 Å². The van der Waals surface area contributed by atoms with Gasteiger partial charge in [0.25, 0.3) is 5.69 Å². The third-order valence-corrected chi connectivity index (χ3v) is 5.53. The number of aryl methyl sites for hydroxylation is 1. The first-order chi connectivity index (χ1) is 14.9. The zero-order valence-corrected chi connectivity index (χ0v) is 18.1. The zero-order valence-electron chi connectivity index (χ0n) is 18.1. The van der Waals surface area contributed by atoms with Gasteiger partial charge in [0.2, 0.25) is 5.91 Å². The van der Waals surface area contributed by atoms with Crippen LogP contribution in [-0.4, -0.2) is 66.1 Å². The van der Waals surface area contributed by atoms with Crippen LogP contribution in [0.4, 0.5) is 11.4 Å². The van der Waals surface area contributed by atoms with Crippen LogP contribution in [-0.2, 0) is 16.1 Å². The molecule has 0 radical (unpaired) electrons. The fraction of sp³-hybridized carbons (Fsp3) is 0.435. The molecule has 3 rings (SSSR count). The maximum Gasteiger partial charge on any atom is 0.271 e. The molecule has 1 amide bonds. The van der Waals surface area contributed by atoms with E-state index in [1.54, 1.807) is 6.07 Å². The number of nitro benzene ring substituents is 1. The van der Waals surface area contributed by atoms with Crippen LogP contribution >= 0.6 is 0 Å². The van der Waals surface area contributed by atoms with Crippen LogP contribution in [0.3, 0.4) is 0 Å². The molecule has 2 aromatic rings. The predicted molar refractivity (Wildman–Crippen MR) is 120 cm³/mol. The van der Waals surface area contributed by atoms with Gasteiger partial charge in [0.05, 0.1) is 30.4 Å². The number of carbonyl (C=O) groups excluding carboxylic acids is 1. The second-order valence-corrected chi connectivity index (χ2v) is 7.96. The van der Waals surface area contributed by atoms with Gasteiger partial charge in [-0.1, -0.05) is 36.4 Å². The maximum absolute atomic E-state index is 12.9. The van der Waals surface area contributed by atoms with Gasteiger partial charge in [-0.05, 0) is 25.0 Å². The third-order valence-electron chi connectivity index (χ3n) is 5.53. The number of benzene rings is 2. The fourth-order valence-corrected chi connectivity index (χ4v) is 3.69. The van der Waals surface area contributed by atoms with Gasteiger partial charge in [0.1, 0.15) is 0 Å². The molecule has 1 unspecified atom stereocenters. The van der Waals surface area contributed by atoms with Crippen molar-refractivity contribution < 1.29 is 14.5 Å². The summed E-state index contributed by atoms with van der Waals surface area (Å²) in [5.41, 5.74) is 2.35. The molecular formula is C23H30N4O4. The van der Waals surface area contributed by atoms with Crippen molar-refractivity contribution in [3.05, 3.63) is 69.8 Å². The maximum atomic E-state index is 12.9. The minimum atomic E-state index is -0.457. The van der Waals surface area contributed by atoms with E-state index in [2.05, 4.69) is 34.2 Å². The van der Waals surface area contributed by atoms with E-state index in [-0.39, 0.29) is 24.2 Å². The molecule has 1 atom stereocenters. The number of ether oxygens (including phenoxy) is 1. The highest BCUT2D eigenvalue weighted by Crippen LogP contribution is 2.22. The minimum absolute atomic E-state index is 0.0391. The molecule has 1 aliphatic heterocycles. The van der Waals surface area contributed by atoms with E-state index in [4.69, 9.17) is 4.74 Å². The molecule has 8 nitrogen and oxygen atoms in total. The number of non-ortho nitro benzene ring substituents is 1. The van der Waals surface area contributed by atoms with Gasteiger partial charge in [-0.25, -0.2) is 0 Å². The molecule has 8 heteroatoms. The summed E-state index contributed by atoms with van der Waals surface area (Å²) in [6.07, 6.45) is 0. The van der Waals surface area contributed by atoms with Gasteiger partial charge in [0, 0.05) is 44.4 Å². The Morgan fingerprint density at radius 1 is 1.23 bits per heavy atom. The summed E-state index contributed by atoms with van der Waals surface area (Å²) in [5.74, 6) is -0.187. The number of rotatable bonds is 9. The van der Waals surface area contributed by atoms with Crippen LogP contribution in [0.15, 0.2) is 48.5 Å². The van der Waals surface area contributed by atoms with E-state index in [1.165, 1.54) is 12.1 Å². The van der Waals surface area contributed by atoms with Gasteiger partial charge in [0.15, 0.2) is 0 Å². The standard InChI is InChI=1S/C23H30N4O4/c1-18-8-9-21(27(29)30)14-22(18)24-23(28)17-26(16-20-6-4-3-5-7-20)19(2)15-25-10-12-31-13-11-25/h3-9,14,19H,10-13,15-17H2,1-2H3,(H,24,28). The van der Waals surface area contributed by atoms with E-state index in [9.17, 15) is 14.9 Å². The number of nitrogens with zero attached hydrogens (tertiary/aromatic N) is 3. The van der Waals surface area contributed by atoms with E-state index in [0.717, 1.165) is 44.0 Å². The normalized spacial score (nSPS) is 15.6. The molecule has 0 aromatic heterocycles. The number of hydrogen-bond acceptors (Lipinski definition) is 6. The molecule has 1 saturated heterocycles. The summed E-state index contributed by atoms with van der Waals surface area (Å²) < 4.78 is 5.44. The number of carbonyl (C=O) groups is 1. The molecule has 166 valence electrons. The molecule has 0 aliphatic carbocycles. The quantitative estimate of drug-likeness (QED) is 0.490. The van der Waals surface area contributed by atoms with Gasteiger partial charge >= 0.3 is 0 Å². The summed E-state index contributed by atoms with van der Waals surface area (Å²) in [5, 5.41) is 13.9. The summed E-state index contributed by atoms with van der Waals surface area (Å²) in [6.45, 7) is 8.89. The van der Waals surface area contributed by atoms with Gasteiger partial charge < -0.3 is 10.1 Å². The lowest BCUT2D eigenvalue weighted by molar-refractivity contribution is -0.384. The average molecular weight is 427 g/mol. The van der Waals surface area contributed by atoms with Crippen LogP contribution in [0.2, 0.25) is 0 Å². The molecule has 1 heterocycles. The first kappa shape index (κ1) is 22.9. The first-order valence-corrected chi connectivity index (χ1v) is 10.6. The van der Waals surface area contributed by atoms with E-state index in [0.29, 0.717) is 12.2 Å². The first-order valence-electron chi connectivity index (χ1n) is 10.6. The Labute approximate surface area is 182 Å². The summed E-state index contributed by atoms with van der Waals surface area (Å²) in [7, 11) is 0. The second kappa shape index (κ2) is 11.0. The summed E-state index contributed by atoms with van der Waals surface area (Å²) >= 11 is 0. The Bertz CT molecular complexity index is 884. The Balaban J connectivity index is 1.70. The highest BCUT2D eigenvalue weighted by atomic mass is 16.6. The van der Waals surface area contributed by atoms with Crippen molar-refractivity contribution in [3.63, 3.8) is 0 Å². The Hall–Kier alpha value is -2.81. The molecule has 0 bridgehead atoms. The Morgan fingerprint density at radius 3 is 2.61 bits per heavy atom. The Morgan fingerprint density at radius 2 is 1.94 bits per heavy atom. The third kappa shape index (κ3) is 6.85. The smallest absolute Gasteiger partial charge is 0.271 e. The molecule has 0 spiro atoms. The van der Waals surface area contributed by atoms with Crippen LogP contribution in [0.25, 0.3) is 0 Å². The number of anilines is 1. The van der Waals surface area contributed by atoms with Crippen molar-refractivity contribution in [2.75, 3.05) is 44.7 Å². The van der Waals surface area contributed by atoms with Crippen molar-refractivity contribution in [3.8, 4) is 0 Å². The van der Waals surface area contributed by atoms with Gasteiger partial charge in [-0.2, -0.15) is 0 Å². The molecule has 1 fully saturated rings. The lowest BCUT2D eigenvalue weighted by atomic mass is 10.1. The largest absolute Gasteiger partial charge is 0.379 e. The number of amides is 1. The SMILES string of the molecule is Cc1ccc([N+](=O)[O-])cc1NC(=O)CN(Cc1ccccc1)C(C)CN1CCOCC1. The fourth-order valence-electron chi connectivity index (χ4n) is 3.69. The second-order valence-electron chi connectivity index (χ2n) is 7.96. The minimum Gasteiger partial charge on any atom is -0.379 e. The Kier molecular flexibility index (Phi) is 8.11. The van der Waals surface area contributed by atoms with Gasteiger partial charge in [-0.3, -0.25) is 24.7 Å². The molecule has 2 aromatic carbocycles. The number of nitro groups is 1. The molecule has 0 saturated carbocycles. The molecule has 1 aliphatic rings. The number of morpholine rings is 1. The van der Waals surface area contributed by atoms with Crippen molar-refractivity contribution in [2.24, 2.45) is 0 Å². The molecular weight excluding hydrogens is 396 g/mol. The van der Waals surface area contributed by atoms with Crippen LogP contribution in [0, 0.1) is 17.0 Å². The topological polar surface area (TPSA) is 88.0 Å². The van der Waals surface area contributed by atoms with Crippen LogP contribution < -0.4 is 5.32 Å². The lowest BCUT2D eigenvalue weighted by Crippen LogP contribution is -2.47. The average Bonchev–Trinajstić information content (AvgIpc) is 2.76. The van der Waals surface area contributed by atoms with Crippen LogP contribution in [0.5, 0.6) is 0 Å². The van der Waals surface area contributed by atoms with Crippen molar-refractivity contribution in [1.29, 1.82) is 0 Å². The van der Waals surface area contributed by atoms with Crippen molar-refractivity contribution >= 4 is 17.3 Å². The predicted octanol–water partition coefficient (Wildman–Crippen LogP) is 3.06. The number of nitrogens with one attached hydrogen (secondary N) is 1. The summed E-state index contributed by atoms with van der Waals surface area (Å²) in [4.78, 5) is 28.0. The highest BCUT2D eigenvalue weighted by molar-refractivity contribution is 5.93. The number of hydrogen-bond donors (Lipinski definition) is 1. The monoisotopic (exact) mass is 426 g/mol. The molecule has 31 heavy (non-hydrogen) atoms. The lowest BCUT2D eigenvalue weighted by Gasteiger charge is -2.34. The van der Waals surface area contributed by atoms with E-state index in [1.807, 2.05) is 25.1 Å². The zero-order chi connectivity index (χ0) is 22.2. The highest BCUT2D eigenvalue weighted by Gasteiger charge is 2.22. The van der Waals surface area contributed by atoms with Crippen LogP contribution in [0.1, 0.15) is 18.1 Å².